The largest absolute Gasteiger partial charge is 0.481 e. The summed E-state index contributed by atoms with van der Waals surface area (Å²) in [5.41, 5.74) is 1.99. The molecule has 1 aliphatic rings. The third kappa shape index (κ3) is 7.44. The van der Waals surface area contributed by atoms with Gasteiger partial charge in [0.2, 0.25) is 0 Å². The Balaban J connectivity index is 1.96. The zero-order valence-electron chi connectivity index (χ0n) is 17.3. The van der Waals surface area contributed by atoms with Crippen molar-refractivity contribution in [2.24, 2.45) is 5.92 Å². The van der Waals surface area contributed by atoms with Crippen LogP contribution in [0.4, 0.5) is 0 Å². The zero-order chi connectivity index (χ0) is 21.2. The lowest BCUT2D eigenvalue weighted by atomic mass is 9.84. The number of aliphatic hydroxyl groups excluding tert-OH is 2. The third-order valence-electron chi connectivity index (χ3n) is 5.93. The summed E-state index contributed by atoms with van der Waals surface area (Å²) in [4.78, 5) is 10.6. The fourth-order valence-electron chi connectivity index (χ4n) is 4.26. The molecule has 4 nitrogen and oxygen atoms in total. The van der Waals surface area contributed by atoms with E-state index < -0.39 is 18.2 Å². The fourth-order valence-corrected chi connectivity index (χ4v) is 4.71. The number of aliphatic hydroxyl groups is 2. The van der Waals surface area contributed by atoms with Gasteiger partial charge in [0.15, 0.2) is 0 Å². The summed E-state index contributed by atoms with van der Waals surface area (Å²) in [6, 6.07) is 7.98. The van der Waals surface area contributed by atoms with Crippen LogP contribution in [0, 0.1) is 5.92 Å². The summed E-state index contributed by atoms with van der Waals surface area (Å²) in [6.45, 7) is 2.15. The van der Waals surface area contributed by atoms with Gasteiger partial charge in [0.05, 0.1) is 12.2 Å². The van der Waals surface area contributed by atoms with Gasteiger partial charge < -0.3 is 15.3 Å². The Morgan fingerprint density at radius 3 is 2.59 bits per heavy atom. The van der Waals surface area contributed by atoms with Crippen LogP contribution in [-0.4, -0.2) is 32.8 Å². The Hall–Kier alpha value is -1.36. The van der Waals surface area contributed by atoms with Crippen molar-refractivity contribution in [2.75, 3.05) is 0 Å². The van der Waals surface area contributed by atoms with E-state index in [1.165, 1.54) is 0 Å². The predicted molar refractivity (Wildman–Crippen MR) is 117 cm³/mol. The third-order valence-corrected chi connectivity index (χ3v) is 6.43. The van der Waals surface area contributed by atoms with Crippen LogP contribution in [0.2, 0.25) is 0 Å². The van der Waals surface area contributed by atoms with E-state index in [9.17, 15) is 15.0 Å². The lowest BCUT2D eigenvalue weighted by molar-refractivity contribution is -0.137. The SMILES string of the molecule is CCCCCC(O)c1ccc([C@@H]2[C@@H](CC=CCCCC(=O)O)[C@@H](Cl)C[C@H]2O)cc1. The maximum absolute atomic E-state index is 10.6. The zero-order valence-corrected chi connectivity index (χ0v) is 18.1. The molecule has 3 N–H and O–H groups in total. The van der Waals surface area contributed by atoms with E-state index >= 15 is 0 Å². The van der Waals surface area contributed by atoms with Crippen LogP contribution in [0.3, 0.4) is 0 Å². The molecule has 0 heterocycles. The highest BCUT2D eigenvalue weighted by Gasteiger charge is 2.41. The normalized spacial score (nSPS) is 25.5. The second kappa shape index (κ2) is 12.4. The molecule has 0 spiro atoms. The Bertz CT molecular complexity index is 643. The van der Waals surface area contributed by atoms with Crippen LogP contribution in [-0.2, 0) is 4.79 Å². The molecule has 1 aromatic carbocycles. The van der Waals surface area contributed by atoms with Crippen LogP contribution < -0.4 is 0 Å². The van der Waals surface area contributed by atoms with Crippen molar-refractivity contribution in [3.8, 4) is 0 Å². The molecular formula is C24H35ClO4. The molecule has 0 bridgehead atoms. The van der Waals surface area contributed by atoms with Crippen molar-refractivity contribution in [3.63, 3.8) is 0 Å². The molecule has 162 valence electrons. The van der Waals surface area contributed by atoms with Crippen LogP contribution in [0.15, 0.2) is 36.4 Å². The van der Waals surface area contributed by atoms with E-state index in [2.05, 4.69) is 13.0 Å². The van der Waals surface area contributed by atoms with Crippen LogP contribution >= 0.6 is 11.6 Å². The lowest BCUT2D eigenvalue weighted by Gasteiger charge is -2.23. The predicted octanol–water partition coefficient (Wildman–Crippen LogP) is 5.57. The topological polar surface area (TPSA) is 77.8 Å². The van der Waals surface area contributed by atoms with Gasteiger partial charge in [-0.1, -0.05) is 62.6 Å². The summed E-state index contributed by atoms with van der Waals surface area (Å²) < 4.78 is 0. The summed E-state index contributed by atoms with van der Waals surface area (Å²) in [5, 5.41) is 29.5. The Morgan fingerprint density at radius 2 is 1.93 bits per heavy atom. The first-order chi connectivity index (χ1) is 13.9. The van der Waals surface area contributed by atoms with Crippen molar-refractivity contribution in [2.45, 2.75) is 88.2 Å². The second-order valence-corrected chi connectivity index (χ2v) is 8.74. The molecule has 0 aromatic heterocycles. The van der Waals surface area contributed by atoms with E-state index in [-0.39, 0.29) is 23.6 Å². The molecule has 1 aromatic rings. The molecule has 1 aliphatic carbocycles. The summed E-state index contributed by atoms with van der Waals surface area (Å²) in [5.74, 6) is -0.646. The monoisotopic (exact) mass is 422 g/mol. The van der Waals surface area contributed by atoms with Crippen molar-refractivity contribution in [1.82, 2.24) is 0 Å². The molecule has 1 fully saturated rings. The fraction of sp³-hybridized carbons (Fsp3) is 0.625. The van der Waals surface area contributed by atoms with Crippen molar-refractivity contribution >= 4 is 17.6 Å². The molecule has 5 heteroatoms. The molecule has 0 amide bonds. The van der Waals surface area contributed by atoms with Gasteiger partial charge in [-0.15, -0.1) is 11.6 Å². The molecular weight excluding hydrogens is 388 g/mol. The molecule has 0 radical (unpaired) electrons. The molecule has 1 unspecified atom stereocenters. The number of alkyl halides is 1. The number of benzene rings is 1. The first-order valence-electron chi connectivity index (χ1n) is 10.9. The van der Waals surface area contributed by atoms with E-state index in [4.69, 9.17) is 16.7 Å². The van der Waals surface area contributed by atoms with Crippen LogP contribution in [0.5, 0.6) is 0 Å². The Morgan fingerprint density at radius 1 is 1.21 bits per heavy atom. The average Bonchev–Trinajstić information content (AvgIpc) is 2.97. The molecule has 29 heavy (non-hydrogen) atoms. The maximum Gasteiger partial charge on any atom is 0.303 e. The number of carboxylic acid groups (broad SMARTS) is 1. The molecule has 5 atom stereocenters. The summed E-state index contributed by atoms with van der Waals surface area (Å²) >= 11 is 6.54. The first kappa shape index (κ1) is 23.9. The minimum Gasteiger partial charge on any atom is -0.481 e. The number of rotatable bonds is 12. The van der Waals surface area contributed by atoms with E-state index in [1.54, 1.807) is 0 Å². The van der Waals surface area contributed by atoms with Gasteiger partial charge in [-0.2, -0.15) is 0 Å². The number of unbranched alkanes of at least 4 members (excludes halogenated alkanes) is 3. The number of aliphatic carboxylic acids is 1. The van der Waals surface area contributed by atoms with Crippen molar-refractivity contribution in [1.29, 1.82) is 0 Å². The number of carboxylic acids is 1. The molecule has 0 saturated heterocycles. The minimum absolute atomic E-state index is 0.0209. The number of halogens is 1. The highest BCUT2D eigenvalue weighted by atomic mass is 35.5. The quantitative estimate of drug-likeness (QED) is 0.233. The van der Waals surface area contributed by atoms with Crippen molar-refractivity contribution < 1.29 is 20.1 Å². The van der Waals surface area contributed by atoms with Gasteiger partial charge in [0, 0.05) is 17.7 Å². The first-order valence-corrected chi connectivity index (χ1v) is 11.3. The standard InChI is InChI=1S/C24H35ClO4/c1-2-3-6-10-21(26)17-12-14-18(15-13-17)24-19(20(25)16-22(24)27)9-7-4-5-8-11-23(28)29/h4,7,12-15,19-22,24,26-27H,2-3,5-6,8-11,16H2,1H3,(H,28,29)/t19-,20-,21?,22+,24+/m0/s1. The maximum atomic E-state index is 10.6. The van der Waals surface area contributed by atoms with E-state index in [0.29, 0.717) is 12.8 Å². The van der Waals surface area contributed by atoms with E-state index in [0.717, 1.165) is 49.7 Å². The summed E-state index contributed by atoms with van der Waals surface area (Å²) in [6.07, 6.45) is 10.2. The van der Waals surface area contributed by atoms with Gasteiger partial charge in [-0.05, 0) is 49.1 Å². The van der Waals surface area contributed by atoms with Crippen LogP contribution in [0.25, 0.3) is 0 Å². The summed E-state index contributed by atoms with van der Waals surface area (Å²) in [7, 11) is 0. The number of hydrogen-bond donors (Lipinski definition) is 3. The van der Waals surface area contributed by atoms with Crippen LogP contribution in [0.1, 0.15) is 87.9 Å². The van der Waals surface area contributed by atoms with Gasteiger partial charge in [-0.3, -0.25) is 4.79 Å². The number of hydrogen-bond acceptors (Lipinski definition) is 3. The average molecular weight is 423 g/mol. The number of allylic oxidation sites excluding steroid dienone is 2. The minimum atomic E-state index is -0.767. The van der Waals surface area contributed by atoms with E-state index in [1.807, 2.05) is 30.3 Å². The highest BCUT2D eigenvalue weighted by molar-refractivity contribution is 6.21. The molecule has 0 aliphatic heterocycles. The van der Waals surface area contributed by atoms with Gasteiger partial charge in [0.1, 0.15) is 0 Å². The van der Waals surface area contributed by atoms with Gasteiger partial charge in [-0.25, -0.2) is 0 Å². The van der Waals surface area contributed by atoms with Gasteiger partial charge >= 0.3 is 5.97 Å². The lowest BCUT2D eigenvalue weighted by Crippen LogP contribution is -2.18. The highest BCUT2D eigenvalue weighted by Crippen LogP contribution is 2.45. The Kier molecular flexibility index (Phi) is 10.2. The van der Waals surface area contributed by atoms with Crippen molar-refractivity contribution in [3.05, 3.63) is 47.5 Å². The van der Waals surface area contributed by atoms with Gasteiger partial charge in [0.25, 0.3) is 0 Å². The Labute approximate surface area is 179 Å². The number of carbonyl (C=O) groups is 1. The smallest absolute Gasteiger partial charge is 0.303 e. The second-order valence-electron chi connectivity index (χ2n) is 8.18. The molecule has 2 rings (SSSR count). The molecule has 1 saturated carbocycles.